The maximum absolute atomic E-state index is 3.70. The van der Waals surface area contributed by atoms with E-state index in [1.165, 1.54) is 0 Å². The highest BCUT2D eigenvalue weighted by Crippen LogP contribution is 1.94. The summed E-state index contributed by atoms with van der Waals surface area (Å²) < 4.78 is 0. The second kappa shape index (κ2) is 2.64. The normalized spacial score (nSPS) is 10.6. The Morgan fingerprint density at radius 3 is 3.00 bits per heavy atom. The van der Waals surface area contributed by atoms with E-state index in [1.807, 2.05) is 20.3 Å². The third kappa shape index (κ3) is 1.85. The summed E-state index contributed by atoms with van der Waals surface area (Å²) in [6.07, 6.45) is 4.67. The van der Waals surface area contributed by atoms with Crippen LogP contribution in [0.15, 0.2) is 6.20 Å². The van der Waals surface area contributed by atoms with Crippen LogP contribution in [-0.4, -0.2) is 29.2 Å². The molecule has 9 heavy (non-hydrogen) atoms. The van der Waals surface area contributed by atoms with Gasteiger partial charge in [0, 0.05) is 18.3 Å². The fourth-order valence-corrected chi connectivity index (χ4v) is 0.668. The molecule has 0 atom stereocenters. The lowest BCUT2D eigenvalue weighted by Crippen LogP contribution is -2.09. The summed E-state index contributed by atoms with van der Waals surface area (Å²) >= 11 is 0. The van der Waals surface area contributed by atoms with Crippen molar-refractivity contribution in [3.8, 4) is 0 Å². The lowest BCUT2D eigenvalue weighted by Gasteiger charge is -2.04. The lowest BCUT2D eigenvalue weighted by atomic mass is 10.3. The number of nitrogens with one attached hydrogen (secondary N) is 1. The number of nitrogens with zero attached hydrogens (tertiary/aromatic N) is 2. The summed E-state index contributed by atoms with van der Waals surface area (Å²) in [7, 11) is 4.03. The maximum atomic E-state index is 3.70. The molecule has 0 spiro atoms. The Hall–Kier alpha value is -0.830. The molecule has 1 heterocycles. The quantitative estimate of drug-likeness (QED) is 0.613. The monoisotopic (exact) mass is 124 g/mol. The molecule has 0 saturated carbocycles. The topological polar surface area (TPSA) is 31.9 Å². The van der Waals surface area contributed by atoms with Crippen LogP contribution in [0.5, 0.6) is 0 Å². The molecule has 0 bridgehead atoms. The molecule has 0 saturated heterocycles. The van der Waals surface area contributed by atoms with Gasteiger partial charge in [0.2, 0.25) is 0 Å². The summed E-state index contributed by atoms with van der Waals surface area (Å²) in [5, 5.41) is 6.40. The molecule has 1 rings (SSSR count). The van der Waals surface area contributed by atoms with Crippen LogP contribution in [0.25, 0.3) is 0 Å². The Bertz CT molecular complexity index is 155. The van der Waals surface area contributed by atoms with E-state index in [4.69, 9.17) is 0 Å². The predicted molar refractivity (Wildman–Crippen MR) is 34.8 cm³/mol. The number of hydrogen-bond acceptors (Lipinski definition) is 2. The van der Waals surface area contributed by atoms with Gasteiger partial charge in [-0.3, -0.25) is 5.10 Å². The zero-order valence-electron chi connectivity index (χ0n) is 5.68. The fraction of sp³-hybridized carbons (Fsp3) is 0.500. The van der Waals surface area contributed by atoms with Crippen molar-refractivity contribution >= 4 is 0 Å². The Kier molecular flexibility index (Phi) is 1.85. The molecule has 3 nitrogen and oxygen atoms in total. The van der Waals surface area contributed by atoms with Gasteiger partial charge in [0.25, 0.3) is 0 Å². The molecule has 0 fully saturated rings. The van der Waals surface area contributed by atoms with E-state index in [0.29, 0.717) is 0 Å². The van der Waals surface area contributed by atoms with Crippen molar-refractivity contribution in [3.05, 3.63) is 18.0 Å². The SMILES string of the molecule is CN(C)Cc1[c]n[nH]c1. The zero-order chi connectivity index (χ0) is 6.69. The van der Waals surface area contributed by atoms with Crippen molar-refractivity contribution in [2.45, 2.75) is 6.54 Å². The molecule has 0 aliphatic heterocycles. The first-order valence-corrected chi connectivity index (χ1v) is 2.84. The van der Waals surface area contributed by atoms with Crippen molar-refractivity contribution in [2.24, 2.45) is 0 Å². The van der Waals surface area contributed by atoms with Gasteiger partial charge >= 0.3 is 0 Å². The summed E-state index contributed by atoms with van der Waals surface area (Å²) in [6.45, 7) is 0.899. The van der Waals surface area contributed by atoms with Gasteiger partial charge < -0.3 is 4.90 Å². The van der Waals surface area contributed by atoms with E-state index >= 15 is 0 Å². The molecule has 1 radical (unpaired) electrons. The Balaban J connectivity index is 2.48. The second-order valence-corrected chi connectivity index (χ2v) is 2.26. The van der Waals surface area contributed by atoms with E-state index < -0.39 is 0 Å². The Morgan fingerprint density at radius 2 is 2.56 bits per heavy atom. The molecule has 0 unspecified atom stereocenters. The third-order valence-electron chi connectivity index (χ3n) is 0.989. The molecule has 0 aromatic carbocycles. The Morgan fingerprint density at radius 1 is 1.78 bits per heavy atom. The molecule has 1 N–H and O–H groups in total. The van der Waals surface area contributed by atoms with Gasteiger partial charge in [0.15, 0.2) is 0 Å². The number of aromatic nitrogens is 2. The second-order valence-electron chi connectivity index (χ2n) is 2.26. The summed E-state index contributed by atoms with van der Waals surface area (Å²) in [6, 6.07) is 0. The maximum Gasteiger partial charge on any atom is 0.117 e. The van der Waals surface area contributed by atoms with E-state index in [0.717, 1.165) is 12.1 Å². The van der Waals surface area contributed by atoms with Crippen LogP contribution in [0.4, 0.5) is 0 Å². The van der Waals surface area contributed by atoms with E-state index in [9.17, 15) is 0 Å². The average molecular weight is 124 g/mol. The average Bonchev–Trinajstić information content (AvgIpc) is 2.15. The summed E-state index contributed by atoms with van der Waals surface area (Å²) in [4.78, 5) is 2.07. The van der Waals surface area contributed by atoms with Gasteiger partial charge in [-0.2, -0.15) is 5.10 Å². The number of rotatable bonds is 2. The lowest BCUT2D eigenvalue weighted by molar-refractivity contribution is 0.402. The number of H-pyrrole nitrogens is 1. The van der Waals surface area contributed by atoms with Gasteiger partial charge in [-0.05, 0) is 14.1 Å². The minimum absolute atomic E-state index is 0.899. The van der Waals surface area contributed by atoms with Crippen LogP contribution in [0.2, 0.25) is 0 Å². The molecule has 49 valence electrons. The molecule has 1 aromatic rings. The van der Waals surface area contributed by atoms with Gasteiger partial charge in [0.05, 0.1) is 0 Å². The summed E-state index contributed by atoms with van der Waals surface area (Å²) in [5.41, 5.74) is 1.10. The van der Waals surface area contributed by atoms with Gasteiger partial charge in [-0.15, -0.1) is 0 Å². The van der Waals surface area contributed by atoms with Crippen LogP contribution in [0.1, 0.15) is 5.56 Å². The molecular weight excluding hydrogens is 114 g/mol. The van der Waals surface area contributed by atoms with Crippen molar-refractivity contribution in [2.75, 3.05) is 14.1 Å². The van der Waals surface area contributed by atoms with Crippen LogP contribution in [0.3, 0.4) is 0 Å². The highest BCUT2D eigenvalue weighted by Gasteiger charge is 1.93. The van der Waals surface area contributed by atoms with Crippen molar-refractivity contribution in [3.63, 3.8) is 0 Å². The van der Waals surface area contributed by atoms with Gasteiger partial charge in [-0.1, -0.05) is 0 Å². The number of hydrogen-bond donors (Lipinski definition) is 1. The van der Waals surface area contributed by atoms with Crippen molar-refractivity contribution in [1.82, 2.24) is 15.1 Å². The molecule has 0 aliphatic carbocycles. The van der Waals surface area contributed by atoms with Crippen molar-refractivity contribution < 1.29 is 0 Å². The first-order valence-electron chi connectivity index (χ1n) is 2.84. The van der Waals surface area contributed by atoms with Crippen molar-refractivity contribution in [1.29, 1.82) is 0 Å². The largest absolute Gasteiger partial charge is 0.305 e. The Labute approximate surface area is 54.7 Å². The smallest absolute Gasteiger partial charge is 0.117 e. The molecule has 0 aliphatic rings. The standard InChI is InChI=1S/C6H10N3/c1-9(2)5-6-3-7-8-4-6/h3H,5H2,1-2H3,(H,7,8). The third-order valence-corrected chi connectivity index (χ3v) is 0.989. The number of aromatic amines is 1. The first-order chi connectivity index (χ1) is 4.29. The first kappa shape index (κ1) is 6.29. The highest BCUT2D eigenvalue weighted by molar-refractivity contribution is 4.99. The van der Waals surface area contributed by atoms with Crippen LogP contribution in [0, 0.1) is 6.20 Å². The van der Waals surface area contributed by atoms with Crippen LogP contribution >= 0.6 is 0 Å². The minimum Gasteiger partial charge on any atom is -0.305 e. The van der Waals surface area contributed by atoms with Gasteiger partial charge in [0.1, 0.15) is 6.20 Å². The molecular formula is C6H10N3. The predicted octanol–water partition coefficient (Wildman–Crippen LogP) is 0.271. The summed E-state index contributed by atoms with van der Waals surface area (Å²) in [5.74, 6) is 0. The van der Waals surface area contributed by atoms with Gasteiger partial charge in [-0.25, -0.2) is 0 Å². The molecule has 3 heteroatoms. The van der Waals surface area contributed by atoms with E-state index in [2.05, 4.69) is 21.3 Å². The van der Waals surface area contributed by atoms with Crippen LogP contribution in [-0.2, 0) is 6.54 Å². The van der Waals surface area contributed by atoms with E-state index in [1.54, 1.807) is 0 Å². The van der Waals surface area contributed by atoms with E-state index in [-0.39, 0.29) is 0 Å². The fourth-order valence-electron chi connectivity index (χ4n) is 0.668. The zero-order valence-corrected chi connectivity index (χ0v) is 5.68. The highest BCUT2D eigenvalue weighted by atomic mass is 15.1. The van der Waals surface area contributed by atoms with Crippen LogP contribution < -0.4 is 0 Å². The minimum atomic E-state index is 0.899. The molecule has 0 amide bonds. The molecule has 1 aromatic heterocycles.